The molecule has 1 heterocycles. The fourth-order valence-corrected chi connectivity index (χ4v) is 1.93. The van der Waals surface area contributed by atoms with Crippen LogP contribution in [0.15, 0.2) is 34.7 Å². The van der Waals surface area contributed by atoms with Gasteiger partial charge >= 0.3 is 0 Å². The van der Waals surface area contributed by atoms with Gasteiger partial charge in [-0.25, -0.2) is 9.52 Å². The molecule has 0 unspecified atom stereocenters. The number of nitrogens with two attached hydrogens (primary N) is 1. The van der Waals surface area contributed by atoms with E-state index in [0.29, 0.717) is 17.8 Å². The molecule has 0 aliphatic heterocycles. The van der Waals surface area contributed by atoms with Crippen molar-refractivity contribution in [1.29, 1.82) is 0 Å². The van der Waals surface area contributed by atoms with Gasteiger partial charge in [0.1, 0.15) is 6.73 Å². The summed E-state index contributed by atoms with van der Waals surface area (Å²) in [6.07, 6.45) is 0.532. The molecule has 0 spiro atoms. The first-order chi connectivity index (χ1) is 11.7. The minimum Gasteiger partial charge on any atom is -0.303 e. The number of anilines is 1. The van der Waals surface area contributed by atoms with Crippen LogP contribution in [0.5, 0.6) is 0 Å². The third-order valence-corrected chi connectivity index (χ3v) is 3.03. The molecule has 0 saturated carbocycles. The Hall–Kier alpha value is -2.55. The summed E-state index contributed by atoms with van der Waals surface area (Å²) in [7, 11) is 0. The van der Waals surface area contributed by atoms with Crippen molar-refractivity contribution < 1.29 is 13.8 Å². The monoisotopic (exact) mass is 371 g/mol. The molecule has 14 heteroatoms. The molecule has 24 heavy (non-hydrogen) atoms. The number of hydrogen-bond acceptors (Lipinski definition) is 9. The Morgan fingerprint density at radius 1 is 1.42 bits per heavy atom. The molecule has 0 fully saturated rings. The quantitative estimate of drug-likeness (QED) is 0.0848. The van der Waals surface area contributed by atoms with Crippen molar-refractivity contribution in [2.75, 3.05) is 18.6 Å². The summed E-state index contributed by atoms with van der Waals surface area (Å²) < 4.78 is 6.34. The zero-order valence-corrected chi connectivity index (χ0v) is 13.8. The first-order valence-electron chi connectivity index (χ1n) is 6.29. The van der Waals surface area contributed by atoms with E-state index in [1.807, 2.05) is 0 Å². The van der Waals surface area contributed by atoms with Crippen LogP contribution in [0, 0.1) is 4.77 Å². The van der Waals surface area contributed by atoms with Crippen LogP contribution in [0.1, 0.15) is 0 Å². The summed E-state index contributed by atoms with van der Waals surface area (Å²) in [5, 5.41) is 17.8. The Morgan fingerprint density at radius 2 is 2.17 bits per heavy atom. The third-order valence-electron chi connectivity index (χ3n) is 2.65. The molecule has 1 amide bonds. The molecule has 2 rings (SSSR count). The molecule has 0 saturated heterocycles. The van der Waals surface area contributed by atoms with Gasteiger partial charge in [0.05, 0.1) is 11.4 Å². The highest BCUT2D eigenvalue weighted by Gasteiger charge is 2.10. The summed E-state index contributed by atoms with van der Waals surface area (Å²) in [5.74, 6) is 5.07. The van der Waals surface area contributed by atoms with Gasteiger partial charge in [-0.3, -0.25) is 13.9 Å². The SMILES string of the molecule is NN=NN(OCN(C=O)COS)c1ccc(-n2[nH]nnc2=S)cc1. The van der Waals surface area contributed by atoms with Crippen molar-refractivity contribution in [3.63, 3.8) is 0 Å². The number of tetrazole rings is 1. The summed E-state index contributed by atoms with van der Waals surface area (Å²) in [5.41, 5.74) is 1.21. The topological polar surface area (TPSA) is 139 Å². The van der Waals surface area contributed by atoms with Crippen molar-refractivity contribution in [2.45, 2.75) is 0 Å². The average molecular weight is 371 g/mol. The predicted molar refractivity (Wildman–Crippen MR) is 86.9 cm³/mol. The van der Waals surface area contributed by atoms with E-state index in [4.69, 9.17) is 22.9 Å². The number of benzene rings is 1. The number of carbonyl (C=O) groups is 1. The Labute approximate surface area is 146 Å². The van der Waals surface area contributed by atoms with Gasteiger partial charge in [-0.05, 0) is 54.6 Å². The third kappa shape index (κ3) is 4.48. The zero-order valence-electron chi connectivity index (χ0n) is 12.1. The van der Waals surface area contributed by atoms with Crippen LogP contribution in [-0.4, -0.2) is 45.0 Å². The fourth-order valence-electron chi connectivity index (χ4n) is 1.59. The van der Waals surface area contributed by atoms with Crippen LogP contribution in [0.25, 0.3) is 5.69 Å². The minimum absolute atomic E-state index is 0.0652. The molecule has 12 nitrogen and oxygen atoms in total. The normalized spacial score (nSPS) is 10.9. The first kappa shape index (κ1) is 17.8. The van der Waals surface area contributed by atoms with E-state index < -0.39 is 0 Å². The second-order valence-electron chi connectivity index (χ2n) is 4.12. The molecule has 2 aromatic rings. The fraction of sp³-hybridized carbons (Fsp3) is 0.200. The number of carbonyl (C=O) groups excluding carboxylic acids is 1. The molecule has 0 aliphatic rings. The van der Waals surface area contributed by atoms with E-state index >= 15 is 0 Å². The van der Waals surface area contributed by atoms with Gasteiger partial charge in [0, 0.05) is 0 Å². The van der Waals surface area contributed by atoms with Crippen LogP contribution < -0.4 is 11.0 Å². The number of hydrogen-bond donors (Lipinski definition) is 3. The maximum Gasteiger partial charge on any atom is 0.242 e. The predicted octanol–water partition coefficient (Wildman–Crippen LogP) is 0.539. The lowest BCUT2D eigenvalue weighted by atomic mass is 10.3. The summed E-state index contributed by atoms with van der Waals surface area (Å²) in [4.78, 5) is 17.3. The number of aromatic amines is 1. The maximum absolute atomic E-state index is 10.8. The number of nitrogens with one attached hydrogen (secondary N) is 1. The van der Waals surface area contributed by atoms with Crippen LogP contribution >= 0.6 is 25.1 Å². The van der Waals surface area contributed by atoms with Crippen LogP contribution in [0.2, 0.25) is 0 Å². The van der Waals surface area contributed by atoms with Crippen molar-refractivity contribution in [3.05, 3.63) is 29.0 Å². The summed E-state index contributed by atoms with van der Waals surface area (Å²) >= 11 is 8.58. The number of aromatic nitrogens is 4. The van der Waals surface area contributed by atoms with Crippen molar-refractivity contribution in [2.24, 2.45) is 16.3 Å². The minimum atomic E-state index is -0.152. The molecule has 0 aliphatic carbocycles. The second-order valence-corrected chi connectivity index (χ2v) is 4.75. The first-order valence-corrected chi connectivity index (χ1v) is 7.07. The smallest absolute Gasteiger partial charge is 0.242 e. The molecular formula is C10H13N9O3S2. The standard InChI is InChI=1S/C10H13N9O3S2/c11-13-15-19(21-6-17(5-20)7-22-24)9-3-1-8(2-4-9)18-10(23)12-14-16-18/h1-5,24H,6-7H2,(H2,11,15)(H,12,16,23). The highest BCUT2D eigenvalue weighted by atomic mass is 32.1. The van der Waals surface area contributed by atoms with Gasteiger partial charge in [-0.1, -0.05) is 15.5 Å². The van der Waals surface area contributed by atoms with Crippen molar-refractivity contribution >= 4 is 37.2 Å². The lowest BCUT2D eigenvalue weighted by Crippen LogP contribution is -2.31. The van der Waals surface area contributed by atoms with Gasteiger partial charge in [-0.2, -0.15) is 5.21 Å². The van der Waals surface area contributed by atoms with Crippen LogP contribution in [0.3, 0.4) is 0 Å². The van der Waals surface area contributed by atoms with E-state index in [9.17, 15) is 4.79 Å². The van der Waals surface area contributed by atoms with Gasteiger partial charge in [0.25, 0.3) is 0 Å². The second kappa shape index (κ2) is 8.92. The lowest BCUT2D eigenvalue weighted by Gasteiger charge is -2.21. The molecular weight excluding hydrogens is 358 g/mol. The van der Waals surface area contributed by atoms with Crippen molar-refractivity contribution in [3.8, 4) is 5.69 Å². The Bertz CT molecular complexity index is 732. The Balaban J connectivity index is 2.12. The lowest BCUT2D eigenvalue weighted by molar-refractivity contribution is -0.127. The highest BCUT2D eigenvalue weighted by molar-refractivity contribution is 7.75. The number of nitrogens with zero attached hydrogens (tertiary/aromatic N) is 7. The largest absolute Gasteiger partial charge is 0.303 e. The summed E-state index contributed by atoms with van der Waals surface area (Å²) in [6.45, 7) is -0.218. The van der Waals surface area contributed by atoms with Gasteiger partial charge in [0.15, 0.2) is 6.73 Å². The molecule has 1 aromatic heterocycles. The highest BCUT2D eigenvalue weighted by Crippen LogP contribution is 2.18. The molecule has 0 radical (unpaired) electrons. The molecule has 0 bridgehead atoms. The number of thiol groups is 1. The Kier molecular flexibility index (Phi) is 6.62. The molecule has 1 aromatic carbocycles. The van der Waals surface area contributed by atoms with Gasteiger partial charge in [-0.15, -0.1) is 5.17 Å². The van der Waals surface area contributed by atoms with E-state index in [1.165, 1.54) is 4.68 Å². The number of amides is 1. The van der Waals surface area contributed by atoms with Gasteiger partial charge < -0.3 is 5.84 Å². The average Bonchev–Trinajstić information content (AvgIpc) is 3.03. The number of rotatable bonds is 9. The van der Waals surface area contributed by atoms with E-state index in [0.717, 1.165) is 10.1 Å². The Morgan fingerprint density at radius 3 is 2.71 bits per heavy atom. The molecule has 128 valence electrons. The zero-order chi connectivity index (χ0) is 17.4. The van der Waals surface area contributed by atoms with E-state index in [2.05, 4.69) is 43.1 Å². The maximum atomic E-state index is 10.8. The molecule has 0 atom stereocenters. The van der Waals surface area contributed by atoms with Gasteiger partial charge in [0.2, 0.25) is 11.2 Å². The van der Waals surface area contributed by atoms with E-state index in [1.54, 1.807) is 24.3 Å². The van der Waals surface area contributed by atoms with Crippen LogP contribution in [0.4, 0.5) is 5.69 Å². The number of H-pyrrole nitrogens is 1. The van der Waals surface area contributed by atoms with Crippen LogP contribution in [-0.2, 0) is 13.8 Å². The van der Waals surface area contributed by atoms with Crippen molar-refractivity contribution in [1.82, 2.24) is 25.1 Å². The van der Waals surface area contributed by atoms with E-state index in [-0.39, 0.29) is 18.2 Å². The molecule has 3 N–H and O–H groups in total. The summed E-state index contributed by atoms with van der Waals surface area (Å²) in [6, 6.07) is 6.80.